The molecule has 1 aromatic heterocycles. The van der Waals surface area contributed by atoms with E-state index in [-0.39, 0.29) is 11.7 Å². The van der Waals surface area contributed by atoms with E-state index in [0.717, 1.165) is 9.35 Å². The SMILES string of the molecule is Cc1ccc(F)cc1NC(=O)c1csc(Br)c1. The van der Waals surface area contributed by atoms with Crippen LogP contribution >= 0.6 is 27.3 Å². The highest BCUT2D eigenvalue weighted by Gasteiger charge is 2.10. The number of rotatable bonds is 2. The van der Waals surface area contributed by atoms with Gasteiger partial charge in [0, 0.05) is 11.1 Å². The molecule has 1 aromatic carbocycles. The summed E-state index contributed by atoms with van der Waals surface area (Å²) in [5, 5.41) is 4.43. The van der Waals surface area contributed by atoms with Crippen LogP contribution < -0.4 is 5.32 Å². The predicted molar refractivity (Wildman–Crippen MR) is 71.1 cm³/mol. The molecule has 2 rings (SSSR count). The number of amides is 1. The fourth-order valence-corrected chi connectivity index (χ4v) is 2.49. The maximum atomic E-state index is 13.0. The summed E-state index contributed by atoms with van der Waals surface area (Å²) in [4.78, 5) is 11.8. The molecule has 0 aliphatic rings. The Balaban J connectivity index is 2.21. The summed E-state index contributed by atoms with van der Waals surface area (Å²) in [6, 6.07) is 6.05. The number of aryl methyl sites for hydroxylation is 1. The van der Waals surface area contributed by atoms with Gasteiger partial charge in [-0.15, -0.1) is 11.3 Å². The molecule has 0 fully saturated rings. The number of hydrogen-bond acceptors (Lipinski definition) is 2. The fraction of sp³-hybridized carbons (Fsp3) is 0.0833. The summed E-state index contributed by atoms with van der Waals surface area (Å²) in [6.45, 7) is 1.82. The third kappa shape index (κ3) is 2.92. The Morgan fingerprint density at radius 2 is 2.18 bits per heavy atom. The Bertz CT molecular complexity index is 567. The van der Waals surface area contributed by atoms with Gasteiger partial charge in [0.05, 0.1) is 9.35 Å². The molecular weight excluding hydrogens is 305 g/mol. The van der Waals surface area contributed by atoms with Crippen molar-refractivity contribution in [1.29, 1.82) is 0 Å². The summed E-state index contributed by atoms with van der Waals surface area (Å²) in [7, 11) is 0. The van der Waals surface area contributed by atoms with Gasteiger partial charge in [0.2, 0.25) is 0 Å². The highest BCUT2D eigenvalue weighted by molar-refractivity contribution is 9.11. The second kappa shape index (κ2) is 4.98. The second-order valence-corrected chi connectivity index (χ2v) is 5.84. The molecule has 0 saturated carbocycles. The van der Waals surface area contributed by atoms with Crippen molar-refractivity contribution in [3.63, 3.8) is 0 Å². The molecule has 0 bridgehead atoms. The first-order valence-corrected chi connectivity index (χ1v) is 6.55. The van der Waals surface area contributed by atoms with E-state index in [1.54, 1.807) is 17.5 Å². The molecule has 0 aliphatic heterocycles. The summed E-state index contributed by atoms with van der Waals surface area (Å²) < 4.78 is 13.9. The number of benzene rings is 1. The van der Waals surface area contributed by atoms with Gasteiger partial charge in [-0.2, -0.15) is 0 Å². The minimum absolute atomic E-state index is 0.236. The zero-order valence-electron chi connectivity index (χ0n) is 8.96. The van der Waals surface area contributed by atoms with Crippen LogP contribution in [0, 0.1) is 12.7 Å². The first-order chi connectivity index (χ1) is 8.06. The van der Waals surface area contributed by atoms with Crippen LogP contribution in [0.5, 0.6) is 0 Å². The highest BCUT2D eigenvalue weighted by atomic mass is 79.9. The average Bonchev–Trinajstić information content (AvgIpc) is 2.70. The van der Waals surface area contributed by atoms with Crippen molar-refractivity contribution in [3.05, 3.63) is 50.4 Å². The van der Waals surface area contributed by atoms with Crippen molar-refractivity contribution < 1.29 is 9.18 Å². The first kappa shape index (κ1) is 12.3. The van der Waals surface area contributed by atoms with E-state index in [4.69, 9.17) is 0 Å². The van der Waals surface area contributed by atoms with Crippen molar-refractivity contribution in [1.82, 2.24) is 0 Å². The predicted octanol–water partition coefficient (Wildman–Crippen LogP) is 4.21. The molecular formula is C12H9BrFNOS. The highest BCUT2D eigenvalue weighted by Crippen LogP contribution is 2.22. The number of anilines is 1. The van der Waals surface area contributed by atoms with E-state index in [1.807, 2.05) is 6.92 Å². The van der Waals surface area contributed by atoms with Crippen molar-refractivity contribution >= 4 is 38.9 Å². The van der Waals surface area contributed by atoms with E-state index in [1.165, 1.54) is 23.5 Å². The number of thiophene rings is 1. The van der Waals surface area contributed by atoms with Crippen molar-refractivity contribution in [2.75, 3.05) is 5.32 Å². The summed E-state index contributed by atoms with van der Waals surface area (Å²) in [6.07, 6.45) is 0. The molecule has 0 radical (unpaired) electrons. The quantitative estimate of drug-likeness (QED) is 0.884. The Morgan fingerprint density at radius 1 is 1.41 bits per heavy atom. The van der Waals surface area contributed by atoms with Crippen molar-refractivity contribution in [2.45, 2.75) is 6.92 Å². The van der Waals surface area contributed by atoms with Gasteiger partial charge in [0.15, 0.2) is 0 Å². The van der Waals surface area contributed by atoms with Gasteiger partial charge in [0.25, 0.3) is 5.91 Å². The lowest BCUT2D eigenvalue weighted by Crippen LogP contribution is -2.11. The molecule has 1 N–H and O–H groups in total. The van der Waals surface area contributed by atoms with Gasteiger partial charge in [-0.05, 0) is 46.6 Å². The molecule has 0 unspecified atom stereocenters. The average molecular weight is 314 g/mol. The minimum Gasteiger partial charge on any atom is -0.322 e. The molecule has 0 saturated heterocycles. The topological polar surface area (TPSA) is 29.1 Å². The lowest BCUT2D eigenvalue weighted by Gasteiger charge is -2.07. The summed E-state index contributed by atoms with van der Waals surface area (Å²) >= 11 is 4.72. The van der Waals surface area contributed by atoms with E-state index < -0.39 is 0 Å². The molecule has 1 amide bonds. The molecule has 0 atom stereocenters. The largest absolute Gasteiger partial charge is 0.322 e. The van der Waals surface area contributed by atoms with E-state index >= 15 is 0 Å². The van der Waals surface area contributed by atoms with Crippen LogP contribution in [0.1, 0.15) is 15.9 Å². The molecule has 1 heterocycles. The van der Waals surface area contributed by atoms with Crippen LogP contribution in [-0.4, -0.2) is 5.91 Å². The Labute approximate surface area is 111 Å². The van der Waals surface area contributed by atoms with Crippen molar-refractivity contribution in [2.24, 2.45) is 0 Å². The van der Waals surface area contributed by atoms with Gasteiger partial charge < -0.3 is 5.32 Å². The molecule has 0 aliphatic carbocycles. The summed E-state index contributed by atoms with van der Waals surface area (Å²) in [5.74, 6) is -0.599. The Morgan fingerprint density at radius 3 is 2.82 bits per heavy atom. The van der Waals surface area contributed by atoms with Gasteiger partial charge in [-0.1, -0.05) is 6.07 Å². The van der Waals surface area contributed by atoms with Crippen LogP contribution in [-0.2, 0) is 0 Å². The number of nitrogens with one attached hydrogen (secondary N) is 1. The zero-order chi connectivity index (χ0) is 12.4. The van der Waals surface area contributed by atoms with Gasteiger partial charge >= 0.3 is 0 Å². The smallest absolute Gasteiger partial charge is 0.256 e. The summed E-state index contributed by atoms with van der Waals surface area (Å²) in [5.41, 5.74) is 1.89. The number of carbonyl (C=O) groups excluding carboxylic acids is 1. The number of carbonyl (C=O) groups is 1. The third-order valence-electron chi connectivity index (χ3n) is 2.28. The molecule has 2 nitrogen and oxygen atoms in total. The standard InChI is InChI=1S/C12H9BrFNOS/c1-7-2-3-9(14)5-10(7)15-12(16)8-4-11(13)17-6-8/h2-6H,1H3,(H,15,16). The van der Waals surface area contributed by atoms with Crippen LogP contribution in [0.15, 0.2) is 33.4 Å². The van der Waals surface area contributed by atoms with Crippen LogP contribution in [0.4, 0.5) is 10.1 Å². The van der Waals surface area contributed by atoms with Crippen LogP contribution in [0.3, 0.4) is 0 Å². The Hall–Kier alpha value is -1.20. The van der Waals surface area contributed by atoms with Crippen LogP contribution in [0.2, 0.25) is 0 Å². The van der Waals surface area contributed by atoms with E-state index in [9.17, 15) is 9.18 Å². The number of halogens is 2. The third-order valence-corrected chi connectivity index (χ3v) is 3.78. The van der Waals surface area contributed by atoms with Crippen molar-refractivity contribution in [3.8, 4) is 0 Å². The van der Waals surface area contributed by atoms with Gasteiger partial charge in [0.1, 0.15) is 5.82 Å². The fourth-order valence-electron chi connectivity index (χ4n) is 1.35. The van der Waals surface area contributed by atoms with Crippen LogP contribution in [0.25, 0.3) is 0 Å². The van der Waals surface area contributed by atoms with Gasteiger partial charge in [-0.3, -0.25) is 4.79 Å². The lowest BCUT2D eigenvalue weighted by molar-refractivity contribution is 0.102. The number of hydrogen-bond donors (Lipinski definition) is 1. The molecule has 5 heteroatoms. The van der Waals surface area contributed by atoms with Gasteiger partial charge in [-0.25, -0.2) is 4.39 Å². The first-order valence-electron chi connectivity index (χ1n) is 4.88. The monoisotopic (exact) mass is 313 g/mol. The van der Waals surface area contributed by atoms with E-state index in [2.05, 4.69) is 21.2 Å². The maximum Gasteiger partial charge on any atom is 0.256 e. The minimum atomic E-state index is -0.364. The Kier molecular flexibility index (Phi) is 3.59. The maximum absolute atomic E-state index is 13.0. The molecule has 17 heavy (non-hydrogen) atoms. The molecule has 88 valence electrons. The lowest BCUT2D eigenvalue weighted by atomic mass is 10.2. The van der Waals surface area contributed by atoms with E-state index in [0.29, 0.717) is 11.3 Å². The zero-order valence-corrected chi connectivity index (χ0v) is 11.4. The normalized spacial score (nSPS) is 10.3. The molecule has 2 aromatic rings. The molecule has 0 spiro atoms. The second-order valence-electron chi connectivity index (χ2n) is 3.55.